The minimum atomic E-state index is 0.0912. The molecule has 0 amide bonds. The van der Waals surface area contributed by atoms with Crippen LogP contribution in [-0.4, -0.2) is 14.8 Å². The third-order valence-electron chi connectivity index (χ3n) is 3.83. The summed E-state index contributed by atoms with van der Waals surface area (Å²) in [5.74, 6) is 1.46. The van der Waals surface area contributed by atoms with Crippen LogP contribution in [0, 0.1) is 5.92 Å². The van der Waals surface area contributed by atoms with Crippen LogP contribution in [0.3, 0.4) is 0 Å². The molecule has 2 unspecified atom stereocenters. The van der Waals surface area contributed by atoms with Crippen LogP contribution in [0.4, 0.5) is 0 Å². The monoisotopic (exact) mass is 275 g/mol. The lowest BCUT2D eigenvalue weighted by atomic mass is 10.0. The Morgan fingerprint density at radius 3 is 2.89 bits per heavy atom. The minimum absolute atomic E-state index is 0.0912. The highest BCUT2D eigenvalue weighted by atomic mass is 35.5. The first-order chi connectivity index (χ1) is 9.16. The van der Waals surface area contributed by atoms with Gasteiger partial charge in [-0.25, -0.2) is 9.67 Å². The maximum atomic E-state index is 6.60. The second kappa shape index (κ2) is 4.97. The van der Waals surface area contributed by atoms with Crippen molar-refractivity contribution >= 4 is 11.6 Å². The standard InChI is InChI=1S/C15H18ClN3/c1-10(2)19-14(17-9-18-19)8-12-7-11-5-3-4-6-13(11)15(12)16/h3-6,9-10,12,15H,7-8H2,1-2H3. The van der Waals surface area contributed by atoms with E-state index >= 15 is 0 Å². The summed E-state index contributed by atoms with van der Waals surface area (Å²) in [6, 6.07) is 8.81. The molecule has 3 nitrogen and oxygen atoms in total. The van der Waals surface area contributed by atoms with Crippen molar-refractivity contribution in [2.45, 2.75) is 38.1 Å². The summed E-state index contributed by atoms with van der Waals surface area (Å²) < 4.78 is 1.99. The van der Waals surface area contributed by atoms with Crippen molar-refractivity contribution in [3.8, 4) is 0 Å². The van der Waals surface area contributed by atoms with Crippen molar-refractivity contribution in [3.05, 3.63) is 47.5 Å². The largest absolute Gasteiger partial charge is 0.248 e. The molecule has 0 saturated carbocycles. The molecule has 1 aliphatic carbocycles. The van der Waals surface area contributed by atoms with E-state index in [2.05, 4.69) is 48.2 Å². The Morgan fingerprint density at radius 1 is 1.37 bits per heavy atom. The first-order valence-electron chi connectivity index (χ1n) is 6.77. The highest BCUT2D eigenvalue weighted by Crippen LogP contribution is 2.42. The van der Waals surface area contributed by atoms with Crippen LogP contribution >= 0.6 is 11.6 Å². The number of benzene rings is 1. The molecular formula is C15H18ClN3. The third-order valence-corrected chi connectivity index (χ3v) is 4.42. The third kappa shape index (κ3) is 2.27. The van der Waals surface area contributed by atoms with Crippen molar-refractivity contribution in [2.24, 2.45) is 5.92 Å². The Hall–Kier alpha value is -1.35. The molecule has 2 atom stereocenters. The van der Waals surface area contributed by atoms with Crippen LogP contribution in [0.2, 0.25) is 0 Å². The maximum absolute atomic E-state index is 6.60. The van der Waals surface area contributed by atoms with Crippen LogP contribution in [0.1, 0.15) is 42.2 Å². The molecule has 3 rings (SSSR count). The van der Waals surface area contributed by atoms with Gasteiger partial charge >= 0.3 is 0 Å². The van der Waals surface area contributed by atoms with Gasteiger partial charge in [0.05, 0.1) is 5.38 Å². The van der Waals surface area contributed by atoms with E-state index in [9.17, 15) is 0 Å². The highest BCUT2D eigenvalue weighted by Gasteiger charge is 2.31. The lowest BCUT2D eigenvalue weighted by Gasteiger charge is -2.15. The predicted molar refractivity (Wildman–Crippen MR) is 76.3 cm³/mol. The minimum Gasteiger partial charge on any atom is -0.248 e. The number of halogens is 1. The Bertz CT molecular complexity index is 576. The molecule has 0 bridgehead atoms. The van der Waals surface area contributed by atoms with Crippen molar-refractivity contribution in [3.63, 3.8) is 0 Å². The molecule has 0 aliphatic heterocycles. The van der Waals surface area contributed by atoms with Gasteiger partial charge in [0, 0.05) is 12.5 Å². The Labute approximate surface area is 118 Å². The van der Waals surface area contributed by atoms with E-state index in [4.69, 9.17) is 11.6 Å². The van der Waals surface area contributed by atoms with Crippen molar-refractivity contribution in [1.29, 1.82) is 0 Å². The number of rotatable bonds is 3. The highest BCUT2D eigenvalue weighted by molar-refractivity contribution is 6.21. The molecule has 1 heterocycles. The molecule has 1 aliphatic rings. The summed E-state index contributed by atoms with van der Waals surface area (Å²) >= 11 is 6.60. The smallest absolute Gasteiger partial charge is 0.138 e. The van der Waals surface area contributed by atoms with Crippen molar-refractivity contribution < 1.29 is 0 Å². The predicted octanol–water partition coefficient (Wildman–Crippen LogP) is 3.55. The summed E-state index contributed by atoms with van der Waals surface area (Å²) in [7, 11) is 0. The molecule has 0 radical (unpaired) electrons. The van der Waals surface area contributed by atoms with Crippen LogP contribution in [0.25, 0.3) is 0 Å². The van der Waals surface area contributed by atoms with E-state index in [1.165, 1.54) is 11.1 Å². The molecule has 0 saturated heterocycles. The average molecular weight is 276 g/mol. The van der Waals surface area contributed by atoms with Crippen LogP contribution in [0.15, 0.2) is 30.6 Å². The zero-order valence-corrected chi connectivity index (χ0v) is 12.0. The molecule has 0 N–H and O–H groups in total. The van der Waals surface area contributed by atoms with Crippen LogP contribution < -0.4 is 0 Å². The second-order valence-electron chi connectivity index (χ2n) is 5.48. The van der Waals surface area contributed by atoms with Gasteiger partial charge in [-0.2, -0.15) is 5.10 Å². The van der Waals surface area contributed by atoms with Gasteiger partial charge in [0.1, 0.15) is 12.2 Å². The molecule has 19 heavy (non-hydrogen) atoms. The SMILES string of the molecule is CC(C)n1ncnc1CC1Cc2ccccc2C1Cl. The van der Waals surface area contributed by atoms with E-state index < -0.39 is 0 Å². The number of aromatic nitrogens is 3. The first-order valence-corrected chi connectivity index (χ1v) is 7.20. The quantitative estimate of drug-likeness (QED) is 0.802. The first kappa shape index (κ1) is 12.7. The number of nitrogens with zero attached hydrogens (tertiary/aromatic N) is 3. The van der Waals surface area contributed by atoms with Crippen LogP contribution in [-0.2, 0) is 12.8 Å². The van der Waals surface area contributed by atoms with Crippen molar-refractivity contribution in [2.75, 3.05) is 0 Å². The van der Waals surface area contributed by atoms with E-state index in [0.29, 0.717) is 12.0 Å². The molecule has 0 fully saturated rings. The number of alkyl halides is 1. The van der Waals surface area contributed by atoms with Gasteiger partial charge in [-0.3, -0.25) is 0 Å². The van der Waals surface area contributed by atoms with Gasteiger partial charge in [-0.15, -0.1) is 11.6 Å². The van der Waals surface area contributed by atoms with Gasteiger partial charge in [0.2, 0.25) is 0 Å². The van der Waals surface area contributed by atoms with Gasteiger partial charge in [-0.1, -0.05) is 24.3 Å². The van der Waals surface area contributed by atoms with Gasteiger partial charge in [0.15, 0.2) is 0 Å². The van der Waals surface area contributed by atoms with Crippen LogP contribution in [0.5, 0.6) is 0 Å². The Balaban J connectivity index is 1.81. The summed E-state index contributed by atoms with van der Waals surface area (Å²) in [5, 5.41) is 4.39. The second-order valence-corrected chi connectivity index (χ2v) is 5.95. The molecule has 0 spiro atoms. The van der Waals surface area contributed by atoms with Gasteiger partial charge in [-0.05, 0) is 37.3 Å². The maximum Gasteiger partial charge on any atom is 0.138 e. The molecule has 100 valence electrons. The fraction of sp³-hybridized carbons (Fsp3) is 0.467. The summed E-state index contributed by atoms with van der Waals surface area (Å²) in [6.45, 7) is 4.25. The van der Waals surface area contributed by atoms with E-state index in [1.54, 1.807) is 6.33 Å². The summed E-state index contributed by atoms with van der Waals surface area (Å²) in [6.07, 6.45) is 3.57. The lowest BCUT2D eigenvalue weighted by Crippen LogP contribution is -2.14. The zero-order valence-electron chi connectivity index (χ0n) is 11.3. The topological polar surface area (TPSA) is 30.7 Å². The number of hydrogen-bond donors (Lipinski definition) is 0. The van der Waals surface area contributed by atoms with Gasteiger partial charge < -0.3 is 0 Å². The van der Waals surface area contributed by atoms with E-state index in [0.717, 1.165) is 18.7 Å². The summed E-state index contributed by atoms with van der Waals surface area (Å²) in [5.41, 5.74) is 2.66. The van der Waals surface area contributed by atoms with E-state index in [1.807, 2.05) is 4.68 Å². The Kier molecular flexibility index (Phi) is 3.31. The van der Waals surface area contributed by atoms with Crippen molar-refractivity contribution in [1.82, 2.24) is 14.8 Å². The molecule has 4 heteroatoms. The summed E-state index contributed by atoms with van der Waals surface area (Å²) in [4.78, 5) is 4.39. The normalized spacial score (nSPS) is 21.9. The average Bonchev–Trinajstić information content (AvgIpc) is 2.97. The zero-order chi connectivity index (χ0) is 13.4. The molecule has 1 aromatic carbocycles. The number of fused-ring (bicyclic) bond motifs is 1. The Morgan fingerprint density at radius 2 is 2.16 bits per heavy atom. The molecular weight excluding hydrogens is 258 g/mol. The number of hydrogen-bond acceptors (Lipinski definition) is 2. The van der Waals surface area contributed by atoms with E-state index in [-0.39, 0.29) is 5.38 Å². The molecule has 1 aromatic heterocycles. The fourth-order valence-electron chi connectivity index (χ4n) is 2.89. The van der Waals surface area contributed by atoms with Gasteiger partial charge in [0.25, 0.3) is 0 Å². The molecule has 2 aromatic rings. The fourth-order valence-corrected chi connectivity index (χ4v) is 3.28. The lowest BCUT2D eigenvalue weighted by molar-refractivity contribution is 0.459.